The average molecular weight is 270 g/mol. The van der Waals surface area contributed by atoms with Gasteiger partial charge in [0.25, 0.3) is 0 Å². The van der Waals surface area contributed by atoms with Crippen molar-refractivity contribution in [3.63, 3.8) is 0 Å². The third kappa shape index (κ3) is 3.71. The molecule has 0 heterocycles. The maximum absolute atomic E-state index is 12.0. The zero-order valence-electron chi connectivity index (χ0n) is 11.3. The SMILES string of the molecule is CC(C)c1ccc(N(C)S(=O)(=O)CCCN)cc1. The van der Waals surface area contributed by atoms with E-state index >= 15 is 0 Å². The van der Waals surface area contributed by atoms with Crippen molar-refractivity contribution in [2.75, 3.05) is 23.7 Å². The van der Waals surface area contributed by atoms with Crippen LogP contribution in [0.1, 0.15) is 31.7 Å². The van der Waals surface area contributed by atoms with Crippen LogP contribution in [0, 0.1) is 0 Å². The Labute approximate surface area is 110 Å². The molecule has 2 N–H and O–H groups in total. The van der Waals surface area contributed by atoms with Gasteiger partial charge < -0.3 is 5.73 Å². The van der Waals surface area contributed by atoms with Gasteiger partial charge in [0.1, 0.15) is 0 Å². The highest BCUT2D eigenvalue weighted by Gasteiger charge is 2.17. The number of rotatable bonds is 6. The highest BCUT2D eigenvalue weighted by molar-refractivity contribution is 7.92. The molecule has 102 valence electrons. The molecule has 18 heavy (non-hydrogen) atoms. The number of nitrogens with two attached hydrogens (primary N) is 1. The Hall–Kier alpha value is -1.07. The molecule has 4 nitrogen and oxygen atoms in total. The van der Waals surface area contributed by atoms with Gasteiger partial charge in [-0.2, -0.15) is 0 Å². The quantitative estimate of drug-likeness (QED) is 0.859. The van der Waals surface area contributed by atoms with Crippen LogP contribution >= 0.6 is 0 Å². The molecule has 1 aromatic rings. The minimum atomic E-state index is -3.26. The lowest BCUT2D eigenvalue weighted by Gasteiger charge is -2.20. The first-order valence-electron chi connectivity index (χ1n) is 6.15. The van der Waals surface area contributed by atoms with Crippen molar-refractivity contribution in [1.29, 1.82) is 0 Å². The fourth-order valence-electron chi connectivity index (χ4n) is 1.63. The molecule has 1 rings (SSSR count). The Morgan fingerprint density at radius 2 is 1.78 bits per heavy atom. The van der Waals surface area contributed by atoms with Crippen LogP contribution in [-0.2, 0) is 10.0 Å². The summed E-state index contributed by atoms with van der Waals surface area (Å²) in [4.78, 5) is 0. The van der Waals surface area contributed by atoms with Crippen molar-refractivity contribution >= 4 is 15.7 Å². The van der Waals surface area contributed by atoms with Gasteiger partial charge in [-0.1, -0.05) is 26.0 Å². The molecule has 0 fully saturated rings. The molecule has 0 aliphatic rings. The predicted octanol–water partition coefficient (Wildman–Crippen LogP) is 1.92. The van der Waals surface area contributed by atoms with E-state index in [9.17, 15) is 8.42 Å². The van der Waals surface area contributed by atoms with Crippen LogP contribution in [0.4, 0.5) is 5.69 Å². The summed E-state index contributed by atoms with van der Waals surface area (Å²) in [6.07, 6.45) is 0.483. The molecule has 0 unspecified atom stereocenters. The van der Waals surface area contributed by atoms with Crippen LogP contribution in [-0.4, -0.2) is 27.8 Å². The monoisotopic (exact) mass is 270 g/mol. The van der Waals surface area contributed by atoms with Gasteiger partial charge in [-0.25, -0.2) is 8.42 Å². The smallest absolute Gasteiger partial charge is 0.234 e. The molecular weight excluding hydrogens is 248 g/mol. The lowest BCUT2D eigenvalue weighted by molar-refractivity contribution is 0.592. The van der Waals surface area contributed by atoms with Gasteiger partial charge in [0.2, 0.25) is 10.0 Å². The number of benzene rings is 1. The second-order valence-corrected chi connectivity index (χ2v) is 6.79. The van der Waals surface area contributed by atoms with Crippen molar-refractivity contribution in [1.82, 2.24) is 0 Å². The third-order valence-corrected chi connectivity index (χ3v) is 4.80. The van der Waals surface area contributed by atoms with Gasteiger partial charge >= 0.3 is 0 Å². The number of sulfonamides is 1. The number of hydrogen-bond donors (Lipinski definition) is 1. The van der Waals surface area contributed by atoms with Gasteiger partial charge in [0, 0.05) is 7.05 Å². The first-order valence-corrected chi connectivity index (χ1v) is 7.76. The molecule has 0 aliphatic heterocycles. The van der Waals surface area contributed by atoms with Crippen molar-refractivity contribution in [2.24, 2.45) is 5.73 Å². The summed E-state index contributed by atoms with van der Waals surface area (Å²) in [5.74, 6) is 0.532. The largest absolute Gasteiger partial charge is 0.330 e. The summed E-state index contributed by atoms with van der Waals surface area (Å²) in [6.45, 7) is 4.60. The number of hydrogen-bond acceptors (Lipinski definition) is 3. The van der Waals surface area contributed by atoms with Gasteiger partial charge in [0.15, 0.2) is 0 Å². The van der Waals surface area contributed by atoms with Gasteiger partial charge in [0.05, 0.1) is 11.4 Å². The van der Waals surface area contributed by atoms with E-state index in [0.29, 0.717) is 24.6 Å². The first kappa shape index (κ1) is 15.0. The zero-order chi connectivity index (χ0) is 13.8. The molecular formula is C13H22N2O2S. The van der Waals surface area contributed by atoms with Gasteiger partial charge in [-0.3, -0.25) is 4.31 Å². The van der Waals surface area contributed by atoms with E-state index < -0.39 is 10.0 Å². The molecule has 0 saturated heterocycles. The molecule has 1 aromatic carbocycles. The summed E-state index contributed by atoms with van der Waals surface area (Å²) in [5.41, 5.74) is 7.24. The molecule has 0 aromatic heterocycles. The fourth-order valence-corrected chi connectivity index (χ4v) is 2.88. The summed E-state index contributed by atoms with van der Waals surface area (Å²) in [7, 11) is -1.68. The normalized spacial score (nSPS) is 11.8. The average Bonchev–Trinajstić information content (AvgIpc) is 2.35. The summed E-state index contributed by atoms with van der Waals surface area (Å²) < 4.78 is 25.3. The molecule has 5 heteroatoms. The summed E-state index contributed by atoms with van der Waals surface area (Å²) in [6, 6.07) is 7.62. The highest BCUT2D eigenvalue weighted by Crippen LogP contribution is 2.21. The summed E-state index contributed by atoms with van der Waals surface area (Å²) >= 11 is 0. The van der Waals surface area contributed by atoms with E-state index in [-0.39, 0.29) is 5.75 Å². The van der Waals surface area contributed by atoms with E-state index in [1.54, 1.807) is 7.05 Å². The minimum absolute atomic E-state index is 0.0892. The van der Waals surface area contributed by atoms with Crippen LogP contribution in [0.5, 0.6) is 0 Å². The van der Waals surface area contributed by atoms with E-state index in [1.807, 2.05) is 24.3 Å². The summed E-state index contributed by atoms with van der Waals surface area (Å²) in [5, 5.41) is 0. The fraction of sp³-hybridized carbons (Fsp3) is 0.538. The van der Waals surface area contributed by atoms with Gasteiger partial charge in [-0.05, 0) is 36.6 Å². The van der Waals surface area contributed by atoms with Crippen molar-refractivity contribution < 1.29 is 8.42 Å². The maximum atomic E-state index is 12.0. The van der Waals surface area contributed by atoms with Crippen LogP contribution in [0.25, 0.3) is 0 Å². The maximum Gasteiger partial charge on any atom is 0.234 e. The zero-order valence-corrected chi connectivity index (χ0v) is 12.1. The Balaban J connectivity index is 2.87. The first-order chi connectivity index (χ1) is 8.38. The lowest BCUT2D eigenvalue weighted by atomic mass is 10.0. The molecule has 0 saturated carbocycles. The molecule has 0 aliphatic carbocycles. The number of nitrogens with zero attached hydrogens (tertiary/aromatic N) is 1. The third-order valence-electron chi connectivity index (χ3n) is 2.95. The van der Waals surface area contributed by atoms with Crippen molar-refractivity contribution in [3.05, 3.63) is 29.8 Å². The number of anilines is 1. The van der Waals surface area contributed by atoms with E-state index in [2.05, 4.69) is 13.8 Å². The minimum Gasteiger partial charge on any atom is -0.330 e. The standard InChI is InChI=1S/C13H22N2O2S/c1-11(2)12-5-7-13(8-6-12)15(3)18(16,17)10-4-9-14/h5-8,11H,4,9-10,14H2,1-3H3. The van der Waals surface area contributed by atoms with E-state index in [0.717, 1.165) is 0 Å². The second-order valence-electron chi connectivity index (χ2n) is 4.67. The van der Waals surface area contributed by atoms with Crippen molar-refractivity contribution in [2.45, 2.75) is 26.2 Å². The molecule has 0 atom stereocenters. The van der Waals surface area contributed by atoms with Crippen LogP contribution in [0.15, 0.2) is 24.3 Å². The highest BCUT2D eigenvalue weighted by atomic mass is 32.2. The van der Waals surface area contributed by atoms with Crippen LogP contribution < -0.4 is 10.0 Å². The molecule has 0 spiro atoms. The second kappa shape index (κ2) is 6.20. The lowest BCUT2D eigenvalue weighted by Crippen LogP contribution is -2.29. The van der Waals surface area contributed by atoms with Crippen LogP contribution in [0.2, 0.25) is 0 Å². The Morgan fingerprint density at radius 1 is 1.22 bits per heavy atom. The van der Waals surface area contributed by atoms with Gasteiger partial charge in [-0.15, -0.1) is 0 Å². The van der Waals surface area contributed by atoms with E-state index in [4.69, 9.17) is 5.73 Å². The molecule has 0 amide bonds. The topological polar surface area (TPSA) is 63.4 Å². The van der Waals surface area contributed by atoms with E-state index in [1.165, 1.54) is 9.87 Å². The van der Waals surface area contributed by atoms with Crippen LogP contribution in [0.3, 0.4) is 0 Å². The molecule has 0 radical (unpaired) electrons. The van der Waals surface area contributed by atoms with Crippen molar-refractivity contribution in [3.8, 4) is 0 Å². The Bertz CT molecular complexity index is 466. The Morgan fingerprint density at radius 3 is 2.22 bits per heavy atom. The Kier molecular flexibility index (Phi) is 5.16. The molecule has 0 bridgehead atoms. The predicted molar refractivity (Wildman–Crippen MR) is 76.4 cm³/mol.